The Hall–Kier alpha value is -2.79. The number of hydrogen-bond donors (Lipinski definition) is 1. The van der Waals surface area contributed by atoms with Crippen LogP contribution in [0.2, 0.25) is 0 Å². The smallest absolute Gasteiger partial charge is 0.270 e. The summed E-state index contributed by atoms with van der Waals surface area (Å²) in [6.07, 6.45) is 2.21. The quantitative estimate of drug-likeness (QED) is 0.709. The number of fused-ring (bicyclic) bond motifs is 2. The normalized spacial score (nSPS) is 19.4. The molecule has 1 aromatic heterocycles. The molecule has 5 rings (SSSR count). The van der Waals surface area contributed by atoms with Gasteiger partial charge >= 0.3 is 0 Å². The summed E-state index contributed by atoms with van der Waals surface area (Å²) in [5.74, 6) is 0.939. The van der Waals surface area contributed by atoms with E-state index < -0.39 is 0 Å². The number of likely N-dealkylation sites (tertiary alicyclic amines) is 1. The van der Waals surface area contributed by atoms with E-state index in [1.807, 2.05) is 35.2 Å². The van der Waals surface area contributed by atoms with Gasteiger partial charge in [-0.2, -0.15) is 0 Å². The highest BCUT2D eigenvalue weighted by Gasteiger charge is 2.26. The first-order valence-electron chi connectivity index (χ1n) is 11.0. The van der Waals surface area contributed by atoms with Crippen molar-refractivity contribution in [2.24, 2.45) is 0 Å². The molecule has 1 saturated heterocycles. The lowest BCUT2D eigenvalue weighted by atomic mass is 10.00. The minimum atomic E-state index is 0.0616. The maximum atomic E-state index is 13.1. The number of nitrogens with one attached hydrogen (secondary N) is 1. The molecule has 5 heteroatoms. The van der Waals surface area contributed by atoms with E-state index in [1.165, 1.54) is 11.1 Å². The Bertz CT molecular complexity index is 1070. The number of benzene rings is 2. The van der Waals surface area contributed by atoms with Gasteiger partial charge in [0.1, 0.15) is 17.5 Å². The molecule has 2 aromatic carbocycles. The summed E-state index contributed by atoms with van der Waals surface area (Å²) in [7, 11) is 0. The van der Waals surface area contributed by atoms with Crippen molar-refractivity contribution >= 4 is 16.8 Å². The van der Waals surface area contributed by atoms with Crippen LogP contribution >= 0.6 is 0 Å². The maximum absolute atomic E-state index is 13.1. The number of rotatable bonds is 4. The molecule has 0 bridgehead atoms. The topological polar surface area (TPSA) is 48.6 Å². The predicted octanol–water partition coefficient (Wildman–Crippen LogP) is 4.23. The molecule has 0 aliphatic carbocycles. The summed E-state index contributed by atoms with van der Waals surface area (Å²) in [5, 5.41) is 1.02. The number of nitrogens with zero attached hydrogens (tertiary/aromatic N) is 2. The maximum Gasteiger partial charge on any atom is 0.270 e. The highest BCUT2D eigenvalue weighted by molar-refractivity contribution is 5.98. The minimum Gasteiger partial charge on any atom is -0.489 e. The van der Waals surface area contributed by atoms with Crippen molar-refractivity contribution < 1.29 is 9.53 Å². The molecule has 1 N–H and O–H groups in total. The predicted molar refractivity (Wildman–Crippen MR) is 119 cm³/mol. The first-order valence-corrected chi connectivity index (χ1v) is 11.0. The van der Waals surface area contributed by atoms with Gasteiger partial charge in [0.25, 0.3) is 5.91 Å². The lowest BCUT2D eigenvalue weighted by molar-refractivity contribution is 0.0729. The number of carbonyl (C=O) groups excluding carboxylic acids is 1. The van der Waals surface area contributed by atoms with Crippen LogP contribution in [0.5, 0.6) is 5.75 Å². The fraction of sp³-hybridized carbons (Fsp3) is 0.400. The number of amides is 1. The number of H-pyrrole nitrogens is 1. The van der Waals surface area contributed by atoms with Crippen LogP contribution in [0, 0.1) is 0 Å². The van der Waals surface area contributed by atoms with Crippen molar-refractivity contribution in [2.45, 2.75) is 45.4 Å². The average molecular weight is 404 g/mol. The van der Waals surface area contributed by atoms with Crippen LogP contribution in [0.3, 0.4) is 0 Å². The molecule has 1 fully saturated rings. The van der Waals surface area contributed by atoms with E-state index in [-0.39, 0.29) is 12.0 Å². The van der Waals surface area contributed by atoms with Gasteiger partial charge in [-0.15, -0.1) is 0 Å². The Kier molecular flexibility index (Phi) is 4.99. The molecule has 1 unspecified atom stereocenters. The molecule has 3 heterocycles. The summed E-state index contributed by atoms with van der Waals surface area (Å²) in [5.41, 5.74) is 4.21. The summed E-state index contributed by atoms with van der Waals surface area (Å²) in [6, 6.07) is 17.0. The van der Waals surface area contributed by atoms with E-state index in [2.05, 4.69) is 41.9 Å². The molecule has 0 radical (unpaired) electrons. The van der Waals surface area contributed by atoms with Gasteiger partial charge in [-0.1, -0.05) is 24.3 Å². The monoisotopic (exact) mass is 403 g/mol. The molecule has 1 atom stereocenters. The van der Waals surface area contributed by atoms with Crippen LogP contribution in [0.4, 0.5) is 0 Å². The van der Waals surface area contributed by atoms with Gasteiger partial charge < -0.3 is 14.6 Å². The second-order valence-corrected chi connectivity index (χ2v) is 8.79. The molecule has 2 aliphatic heterocycles. The molecule has 0 saturated carbocycles. The zero-order valence-electron chi connectivity index (χ0n) is 17.7. The van der Waals surface area contributed by atoms with Crippen LogP contribution < -0.4 is 4.74 Å². The van der Waals surface area contributed by atoms with Crippen LogP contribution in [-0.4, -0.2) is 52.5 Å². The highest BCUT2D eigenvalue weighted by Crippen LogP contribution is 2.26. The largest absolute Gasteiger partial charge is 0.489 e. The molecule has 0 spiro atoms. The Labute approximate surface area is 177 Å². The van der Waals surface area contributed by atoms with Gasteiger partial charge in [-0.25, -0.2) is 0 Å². The third-order valence-electron chi connectivity index (χ3n) is 6.45. The van der Waals surface area contributed by atoms with Crippen LogP contribution in [0.15, 0.2) is 48.5 Å². The van der Waals surface area contributed by atoms with Crippen molar-refractivity contribution in [2.75, 3.05) is 19.6 Å². The summed E-state index contributed by atoms with van der Waals surface area (Å²) in [4.78, 5) is 20.8. The molecule has 3 aromatic rings. The van der Waals surface area contributed by atoms with E-state index in [0.717, 1.165) is 49.1 Å². The lowest BCUT2D eigenvalue weighted by Gasteiger charge is -2.28. The van der Waals surface area contributed by atoms with Crippen molar-refractivity contribution in [1.29, 1.82) is 0 Å². The van der Waals surface area contributed by atoms with Crippen molar-refractivity contribution in [3.05, 3.63) is 65.4 Å². The SMILES string of the molecule is CC(C)N1CCC(Oc2ccc3[nH]c(C(=O)N4CCc5ccccc5C4)cc3c2)C1. The van der Waals surface area contributed by atoms with Crippen LogP contribution in [0.25, 0.3) is 10.9 Å². The van der Waals surface area contributed by atoms with E-state index in [4.69, 9.17) is 4.74 Å². The Morgan fingerprint density at radius 1 is 1.10 bits per heavy atom. The van der Waals surface area contributed by atoms with Gasteiger partial charge in [0, 0.05) is 43.1 Å². The summed E-state index contributed by atoms with van der Waals surface area (Å²) < 4.78 is 6.24. The van der Waals surface area contributed by atoms with Crippen LogP contribution in [0.1, 0.15) is 41.9 Å². The minimum absolute atomic E-state index is 0.0616. The highest BCUT2D eigenvalue weighted by atomic mass is 16.5. The zero-order valence-corrected chi connectivity index (χ0v) is 17.7. The van der Waals surface area contributed by atoms with Gasteiger partial charge in [0.05, 0.1) is 0 Å². The van der Waals surface area contributed by atoms with Gasteiger partial charge in [0.15, 0.2) is 0 Å². The zero-order chi connectivity index (χ0) is 20.7. The first-order chi connectivity index (χ1) is 14.6. The van der Waals surface area contributed by atoms with E-state index >= 15 is 0 Å². The third-order valence-corrected chi connectivity index (χ3v) is 6.45. The molecular formula is C25H29N3O2. The first kappa shape index (κ1) is 19.2. The lowest BCUT2D eigenvalue weighted by Crippen LogP contribution is -2.36. The number of hydrogen-bond acceptors (Lipinski definition) is 3. The fourth-order valence-electron chi connectivity index (χ4n) is 4.65. The standard InChI is InChI=1S/C25H29N3O2/c1-17(2)27-12-10-22(16-27)30-21-7-8-23-20(13-21)14-24(26-23)25(29)28-11-9-18-5-3-4-6-19(18)15-28/h3-8,13-14,17,22,26H,9-12,15-16H2,1-2H3. The van der Waals surface area contributed by atoms with Crippen molar-refractivity contribution in [3.63, 3.8) is 0 Å². The van der Waals surface area contributed by atoms with Crippen LogP contribution in [-0.2, 0) is 13.0 Å². The van der Waals surface area contributed by atoms with Gasteiger partial charge in [-0.3, -0.25) is 9.69 Å². The Morgan fingerprint density at radius 2 is 1.93 bits per heavy atom. The van der Waals surface area contributed by atoms with E-state index in [0.29, 0.717) is 18.3 Å². The Balaban J connectivity index is 1.30. The average Bonchev–Trinajstić information content (AvgIpc) is 3.40. The van der Waals surface area contributed by atoms with E-state index in [1.54, 1.807) is 0 Å². The van der Waals surface area contributed by atoms with Crippen molar-refractivity contribution in [3.8, 4) is 5.75 Å². The number of aromatic nitrogens is 1. The third kappa shape index (κ3) is 3.70. The molecule has 156 valence electrons. The molecular weight excluding hydrogens is 374 g/mol. The van der Waals surface area contributed by atoms with Gasteiger partial charge in [0.2, 0.25) is 0 Å². The second-order valence-electron chi connectivity index (χ2n) is 8.79. The molecule has 30 heavy (non-hydrogen) atoms. The molecule has 1 amide bonds. The Morgan fingerprint density at radius 3 is 2.73 bits per heavy atom. The molecule has 2 aliphatic rings. The van der Waals surface area contributed by atoms with Crippen molar-refractivity contribution in [1.82, 2.24) is 14.8 Å². The van der Waals surface area contributed by atoms with Gasteiger partial charge in [-0.05, 0) is 62.1 Å². The number of aromatic amines is 1. The summed E-state index contributed by atoms with van der Waals surface area (Å²) in [6.45, 7) is 7.96. The number of carbonyl (C=O) groups is 1. The fourth-order valence-corrected chi connectivity index (χ4v) is 4.65. The second kappa shape index (κ2) is 7.80. The summed E-state index contributed by atoms with van der Waals surface area (Å²) >= 11 is 0. The van der Waals surface area contributed by atoms with E-state index in [9.17, 15) is 4.79 Å². The molecule has 5 nitrogen and oxygen atoms in total. The number of ether oxygens (including phenoxy) is 1.